The van der Waals surface area contributed by atoms with Gasteiger partial charge in [0.15, 0.2) is 4.67 Å². The van der Waals surface area contributed by atoms with Crippen molar-refractivity contribution in [3.8, 4) is 0 Å². The first kappa shape index (κ1) is 10.7. The van der Waals surface area contributed by atoms with E-state index in [1.54, 1.807) is 0 Å². The van der Waals surface area contributed by atoms with Gasteiger partial charge in [0.1, 0.15) is 5.76 Å². The van der Waals surface area contributed by atoms with Gasteiger partial charge < -0.3 is 9.73 Å². The van der Waals surface area contributed by atoms with E-state index in [1.807, 2.05) is 6.07 Å². The summed E-state index contributed by atoms with van der Waals surface area (Å²) in [7, 11) is 0. The molecule has 1 aromatic rings. The van der Waals surface area contributed by atoms with Gasteiger partial charge in [-0.05, 0) is 49.8 Å². The SMILES string of the molecule is CC(C)C1CNC1c1cc(Br)c(Br)o1. The Bertz CT molecular complexity index is 315. The molecule has 1 fully saturated rings. The molecule has 1 aromatic heterocycles. The lowest BCUT2D eigenvalue weighted by molar-refractivity contribution is 0.150. The van der Waals surface area contributed by atoms with Crippen molar-refractivity contribution in [2.24, 2.45) is 11.8 Å². The third-order valence-electron chi connectivity index (χ3n) is 2.83. The molecule has 1 aliphatic heterocycles. The average molecular weight is 323 g/mol. The van der Waals surface area contributed by atoms with Crippen molar-refractivity contribution >= 4 is 31.9 Å². The van der Waals surface area contributed by atoms with Crippen LogP contribution in [0.15, 0.2) is 19.6 Å². The quantitative estimate of drug-likeness (QED) is 0.897. The molecular weight excluding hydrogens is 310 g/mol. The first-order chi connectivity index (χ1) is 6.59. The predicted molar refractivity (Wildman–Crippen MR) is 63.2 cm³/mol. The van der Waals surface area contributed by atoms with Crippen LogP contribution in [0, 0.1) is 11.8 Å². The second kappa shape index (κ2) is 3.99. The maximum atomic E-state index is 5.61. The summed E-state index contributed by atoms with van der Waals surface area (Å²) in [6, 6.07) is 2.42. The minimum Gasteiger partial charge on any atom is -0.451 e. The molecule has 0 amide bonds. The molecule has 0 saturated carbocycles. The monoisotopic (exact) mass is 321 g/mol. The highest BCUT2D eigenvalue weighted by Gasteiger charge is 2.36. The van der Waals surface area contributed by atoms with Crippen LogP contribution < -0.4 is 5.32 Å². The number of nitrogens with one attached hydrogen (secondary N) is 1. The Morgan fingerprint density at radius 1 is 1.50 bits per heavy atom. The van der Waals surface area contributed by atoms with Crippen molar-refractivity contribution in [2.75, 3.05) is 6.54 Å². The fourth-order valence-corrected chi connectivity index (χ4v) is 2.43. The Morgan fingerprint density at radius 2 is 2.21 bits per heavy atom. The Labute approximate surface area is 101 Å². The van der Waals surface area contributed by atoms with Crippen LogP contribution in [0.4, 0.5) is 0 Å². The van der Waals surface area contributed by atoms with Gasteiger partial charge in [-0.3, -0.25) is 0 Å². The van der Waals surface area contributed by atoms with Gasteiger partial charge in [-0.15, -0.1) is 0 Å². The van der Waals surface area contributed by atoms with Crippen LogP contribution in [0.2, 0.25) is 0 Å². The average Bonchev–Trinajstić information content (AvgIpc) is 2.27. The minimum atomic E-state index is 0.387. The number of hydrogen-bond donors (Lipinski definition) is 1. The zero-order valence-electron chi connectivity index (χ0n) is 8.18. The first-order valence-corrected chi connectivity index (χ1v) is 6.36. The lowest BCUT2D eigenvalue weighted by Gasteiger charge is -2.39. The smallest absolute Gasteiger partial charge is 0.183 e. The summed E-state index contributed by atoms with van der Waals surface area (Å²) in [6.07, 6.45) is 0. The van der Waals surface area contributed by atoms with E-state index in [-0.39, 0.29) is 0 Å². The third-order valence-corrected chi connectivity index (χ3v) is 4.54. The van der Waals surface area contributed by atoms with Gasteiger partial charge in [0.2, 0.25) is 0 Å². The van der Waals surface area contributed by atoms with Crippen LogP contribution >= 0.6 is 31.9 Å². The van der Waals surface area contributed by atoms with Gasteiger partial charge in [-0.2, -0.15) is 0 Å². The van der Waals surface area contributed by atoms with E-state index < -0.39 is 0 Å². The Morgan fingerprint density at radius 3 is 2.57 bits per heavy atom. The maximum absolute atomic E-state index is 5.61. The molecule has 78 valence electrons. The normalized spacial score (nSPS) is 26.6. The first-order valence-electron chi connectivity index (χ1n) is 4.77. The van der Waals surface area contributed by atoms with Gasteiger partial charge >= 0.3 is 0 Å². The van der Waals surface area contributed by atoms with Gasteiger partial charge in [0.05, 0.1) is 10.5 Å². The van der Waals surface area contributed by atoms with E-state index in [0.29, 0.717) is 17.9 Å². The Balaban J connectivity index is 2.16. The summed E-state index contributed by atoms with van der Waals surface area (Å²) >= 11 is 6.78. The van der Waals surface area contributed by atoms with Gasteiger partial charge in [0.25, 0.3) is 0 Å². The molecular formula is C10H13Br2NO. The van der Waals surface area contributed by atoms with E-state index in [1.165, 1.54) is 0 Å². The molecule has 0 radical (unpaired) electrons. The van der Waals surface area contributed by atoms with Crippen LogP contribution in [-0.4, -0.2) is 6.54 Å². The van der Waals surface area contributed by atoms with Crippen LogP contribution in [0.1, 0.15) is 25.6 Å². The zero-order valence-corrected chi connectivity index (χ0v) is 11.4. The van der Waals surface area contributed by atoms with Crippen LogP contribution in [0.3, 0.4) is 0 Å². The highest BCUT2D eigenvalue weighted by Crippen LogP contribution is 2.38. The number of furan rings is 1. The van der Waals surface area contributed by atoms with Crippen molar-refractivity contribution in [2.45, 2.75) is 19.9 Å². The molecule has 2 heterocycles. The molecule has 4 heteroatoms. The van der Waals surface area contributed by atoms with Crippen molar-refractivity contribution < 1.29 is 4.42 Å². The molecule has 2 rings (SSSR count). The second-order valence-electron chi connectivity index (χ2n) is 4.06. The summed E-state index contributed by atoms with van der Waals surface area (Å²) in [5, 5.41) is 3.40. The topological polar surface area (TPSA) is 25.2 Å². The highest BCUT2D eigenvalue weighted by molar-refractivity contribution is 9.13. The Kier molecular flexibility index (Phi) is 3.05. The number of hydrogen-bond acceptors (Lipinski definition) is 2. The second-order valence-corrected chi connectivity index (χ2v) is 5.64. The van der Waals surface area contributed by atoms with Crippen molar-refractivity contribution in [1.82, 2.24) is 5.32 Å². The van der Waals surface area contributed by atoms with Crippen molar-refractivity contribution in [3.63, 3.8) is 0 Å². The Hall–Kier alpha value is 0.200. The molecule has 0 aromatic carbocycles. The molecule has 14 heavy (non-hydrogen) atoms. The molecule has 2 atom stereocenters. The molecule has 1 N–H and O–H groups in total. The molecule has 0 bridgehead atoms. The number of halogens is 2. The van der Waals surface area contributed by atoms with Crippen LogP contribution in [0.5, 0.6) is 0 Å². The van der Waals surface area contributed by atoms with Crippen molar-refractivity contribution in [1.29, 1.82) is 0 Å². The molecule has 0 aliphatic carbocycles. The maximum Gasteiger partial charge on any atom is 0.183 e. The molecule has 2 unspecified atom stereocenters. The van der Waals surface area contributed by atoms with Gasteiger partial charge in [0, 0.05) is 6.54 Å². The largest absolute Gasteiger partial charge is 0.451 e. The summed E-state index contributed by atoms with van der Waals surface area (Å²) in [6.45, 7) is 5.61. The summed E-state index contributed by atoms with van der Waals surface area (Å²) in [4.78, 5) is 0. The van der Waals surface area contributed by atoms with E-state index in [0.717, 1.165) is 21.4 Å². The lowest BCUT2D eigenvalue weighted by atomic mass is 9.81. The molecule has 0 spiro atoms. The highest BCUT2D eigenvalue weighted by atomic mass is 79.9. The summed E-state index contributed by atoms with van der Waals surface area (Å²) in [5.41, 5.74) is 0. The standard InChI is InChI=1S/C10H13Br2NO/c1-5(2)6-4-13-9(6)8-3-7(11)10(12)14-8/h3,5-6,9,13H,4H2,1-2H3. The third kappa shape index (κ3) is 1.79. The molecule has 1 saturated heterocycles. The van der Waals surface area contributed by atoms with E-state index in [9.17, 15) is 0 Å². The fraction of sp³-hybridized carbons (Fsp3) is 0.600. The van der Waals surface area contributed by atoms with E-state index >= 15 is 0 Å². The van der Waals surface area contributed by atoms with E-state index in [2.05, 4.69) is 51.0 Å². The summed E-state index contributed by atoms with van der Waals surface area (Å²) in [5.74, 6) is 2.41. The summed E-state index contributed by atoms with van der Waals surface area (Å²) < 4.78 is 7.38. The van der Waals surface area contributed by atoms with Crippen molar-refractivity contribution in [3.05, 3.63) is 21.0 Å². The number of rotatable bonds is 2. The zero-order chi connectivity index (χ0) is 10.3. The predicted octanol–water partition coefficient (Wildman–Crippen LogP) is 3.72. The minimum absolute atomic E-state index is 0.387. The molecule has 1 aliphatic rings. The van der Waals surface area contributed by atoms with Crippen LogP contribution in [0.25, 0.3) is 0 Å². The van der Waals surface area contributed by atoms with Gasteiger partial charge in [-0.1, -0.05) is 13.8 Å². The lowest BCUT2D eigenvalue weighted by Crippen LogP contribution is -2.48. The molecule has 2 nitrogen and oxygen atoms in total. The van der Waals surface area contributed by atoms with Gasteiger partial charge in [-0.25, -0.2) is 0 Å². The fourth-order valence-electron chi connectivity index (χ4n) is 1.82. The van der Waals surface area contributed by atoms with Crippen LogP contribution in [-0.2, 0) is 0 Å². The van der Waals surface area contributed by atoms with E-state index in [4.69, 9.17) is 4.42 Å².